The van der Waals surface area contributed by atoms with Crippen molar-refractivity contribution in [1.29, 1.82) is 0 Å². The quantitative estimate of drug-likeness (QED) is 0.657. The summed E-state index contributed by atoms with van der Waals surface area (Å²) in [5, 5.41) is 0. The van der Waals surface area contributed by atoms with Gasteiger partial charge in [-0.2, -0.15) is 0 Å². The van der Waals surface area contributed by atoms with Gasteiger partial charge in [-0.05, 0) is 18.5 Å². The monoisotopic (exact) mass is 205 g/mol. The van der Waals surface area contributed by atoms with Gasteiger partial charge < -0.3 is 0 Å². The van der Waals surface area contributed by atoms with Crippen LogP contribution in [0.1, 0.15) is 19.3 Å². The Bertz CT molecular complexity index is 278. The first-order valence-electron chi connectivity index (χ1n) is 5.44. The van der Waals surface area contributed by atoms with Crippen LogP contribution in [-0.4, -0.2) is 30.3 Å². The second-order valence-electron chi connectivity index (χ2n) is 3.85. The van der Waals surface area contributed by atoms with Crippen LogP contribution in [0.5, 0.6) is 0 Å². The number of hydrogen-bond donors (Lipinski definition) is 0. The Kier molecular flexibility index (Phi) is 5.05. The Morgan fingerprint density at radius 1 is 1.33 bits per heavy atom. The van der Waals surface area contributed by atoms with Gasteiger partial charge in [0.15, 0.2) is 0 Å². The molecular formula is C13H19NO. The molecule has 2 nitrogen and oxygen atoms in total. The third kappa shape index (κ3) is 4.26. The SMILES string of the molecule is C=C/C=C(\C=C)CN1CCCC(=O)CC1. The molecule has 0 aliphatic carbocycles. The molecule has 0 bridgehead atoms. The van der Waals surface area contributed by atoms with E-state index in [0.717, 1.165) is 32.5 Å². The van der Waals surface area contributed by atoms with Gasteiger partial charge in [0.1, 0.15) is 5.78 Å². The number of Topliss-reactive ketones (excluding diaryl/α,β-unsaturated/α-hetero) is 1. The predicted octanol–water partition coefficient (Wildman–Crippen LogP) is 2.34. The van der Waals surface area contributed by atoms with E-state index in [-0.39, 0.29) is 0 Å². The van der Waals surface area contributed by atoms with Gasteiger partial charge in [-0.15, -0.1) is 0 Å². The minimum absolute atomic E-state index is 0.394. The van der Waals surface area contributed by atoms with E-state index < -0.39 is 0 Å². The molecule has 0 aromatic carbocycles. The summed E-state index contributed by atoms with van der Waals surface area (Å²) in [7, 11) is 0. The Morgan fingerprint density at radius 2 is 2.13 bits per heavy atom. The van der Waals surface area contributed by atoms with Crippen molar-refractivity contribution < 1.29 is 4.79 Å². The van der Waals surface area contributed by atoms with E-state index in [1.165, 1.54) is 5.57 Å². The van der Waals surface area contributed by atoms with Crippen molar-refractivity contribution in [2.75, 3.05) is 19.6 Å². The van der Waals surface area contributed by atoms with E-state index in [9.17, 15) is 4.79 Å². The second-order valence-corrected chi connectivity index (χ2v) is 3.85. The zero-order chi connectivity index (χ0) is 11.1. The summed E-state index contributed by atoms with van der Waals surface area (Å²) in [6.07, 6.45) is 8.02. The fourth-order valence-electron chi connectivity index (χ4n) is 1.77. The minimum Gasteiger partial charge on any atom is -0.300 e. The summed E-state index contributed by atoms with van der Waals surface area (Å²) in [4.78, 5) is 13.5. The molecule has 0 N–H and O–H groups in total. The lowest BCUT2D eigenvalue weighted by Gasteiger charge is -2.19. The van der Waals surface area contributed by atoms with Crippen molar-refractivity contribution in [3.8, 4) is 0 Å². The summed E-state index contributed by atoms with van der Waals surface area (Å²) in [5.41, 5.74) is 1.17. The summed E-state index contributed by atoms with van der Waals surface area (Å²) < 4.78 is 0. The Hall–Kier alpha value is -1.15. The fourth-order valence-corrected chi connectivity index (χ4v) is 1.77. The van der Waals surface area contributed by atoms with Crippen molar-refractivity contribution in [2.45, 2.75) is 19.3 Å². The van der Waals surface area contributed by atoms with Crippen molar-refractivity contribution in [3.05, 3.63) is 37.0 Å². The van der Waals surface area contributed by atoms with Crippen LogP contribution in [-0.2, 0) is 4.79 Å². The van der Waals surface area contributed by atoms with Crippen LogP contribution in [0.2, 0.25) is 0 Å². The first-order valence-corrected chi connectivity index (χ1v) is 5.44. The summed E-state index contributed by atoms with van der Waals surface area (Å²) >= 11 is 0. The molecule has 0 unspecified atom stereocenters. The molecule has 1 heterocycles. The zero-order valence-corrected chi connectivity index (χ0v) is 9.24. The van der Waals surface area contributed by atoms with Crippen LogP contribution >= 0.6 is 0 Å². The number of carbonyl (C=O) groups is 1. The number of hydrogen-bond acceptors (Lipinski definition) is 2. The topological polar surface area (TPSA) is 20.3 Å². The predicted molar refractivity (Wildman–Crippen MR) is 63.8 cm³/mol. The average Bonchev–Trinajstić information content (AvgIpc) is 2.43. The highest BCUT2D eigenvalue weighted by atomic mass is 16.1. The molecule has 2 heteroatoms. The van der Waals surface area contributed by atoms with Crippen molar-refractivity contribution in [2.24, 2.45) is 0 Å². The van der Waals surface area contributed by atoms with E-state index in [1.807, 2.05) is 12.2 Å². The molecule has 0 amide bonds. The van der Waals surface area contributed by atoms with Gasteiger partial charge in [0.2, 0.25) is 0 Å². The van der Waals surface area contributed by atoms with Crippen molar-refractivity contribution >= 4 is 5.78 Å². The molecule has 1 saturated heterocycles. The lowest BCUT2D eigenvalue weighted by molar-refractivity contribution is -0.118. The Morgan fingerprint density at radius 3 is 2.80 bits per heavy atom. The number of allylic oxidation sites excluding steroid dienone is 2. The molecule has 0 aromatic heterocycles. The largest absolute Gasteiger partial charge is 0.300 e. The van der Waals surface area contributed by atoms with Gasteiger partial charge in [-0.3, -0.25) is 9.69 Å². The van der Waals surface area contributed by atoms with Gasteiger partial charge in [0, 0.05) is 25.9 Å². The number of rotatable bonds is 4. The van der Waals surface area contributed by atoms with Crippen LogP contribution < -0.4 is 0 Å². The summed E-state index contributed by atoms with van der Waals surface area (Å²) in [6, 6.07) is 0. The maximum atomic E-state index is 11.2. The van der Waals surface area contributed by atoms with E-state index in [4.69, 9.17) is 0 Å². The summed E-state index contributed by atoms with van der Waals surface area (Å²) in [5.74, 6) is 0.394. The highest BCUT2D eigenvalue weighted by molar-refractivity contribution is 5.78. The molecule has 0 saturated carbocycles. The molecule has 1 fully saturated rings. The molecule has 0 aromatic rings. The molecular weight excluding hydrogens is 186 g/mol. The minimum atomic E-state index is 0.394. The standard InChI is InChI=1S/C13H19NO/c1-3-6-12(4-2)11-14-9-5-7-13(15)8-10-14/h3-4,6H,1-2,5,7-11H2/b12-6+. The third-order valence-corrected chi connectivity index (χ3v) is 2.64. The molecule has 0 radical (unpaired) electrons. The number of ketones is 1. The zero-order valence-electron chi connectivity index (χ0n) is 9.24. The maximum Gasteiger partial charge on any atom is 0.134 e. The maximum absolute atomic E-state index is 11.2. The number of carbonyl (C=O) groups excluding carboxylic acids is 1. The molecule has 15 heavy (non-hydrogen) atoms. The number of nitrogens with zero attached hydrogens (tertiary/aromatic N) is 1. The first-order chi connectivity index (χ1) is 7.26. The van der Waals surface area contributed by atoms with Crippen LogP contribution in [0.25, 0.3) is 0 Å². The lowest BCUT2D eigenvalue weighted by atomic mass is 10.2. The molecule has 0 spiro atoms. The van der Waals surface area contributed by atoms with E-state index in [2.05, 4.69) is 18.1 Å². The molecule has 82 valence electrons. The van der Waals surface area contributed by atoms with Crippen molar-refractivity contribution in [3.63, 3.8) is 0 Å². The number of likely N-dealkylation sites (tertiary alicyclic amines) is 1. The fraction of sp³-hybridized carbons (Fsp3) is 0.462. The molecule has 1 rings (SSSR count). The highest BCUT2D eigenvalue weighted by Crippen LogP contribution is 2.09. The van der Waals surface area contributed by atoms with Gasteiger partial charge in [0.05, 0.1) is 0 Å². The third-order valence-electron chi connectivity index (χ3n) is 2.64. The molecule has 1 aliphatic rings. The Balaban J connectivity index is 2.49. The molecule has 0 atom stereocenters. The van der Waals surface area contributed by atoms with Gasteiger partial charge in [-0.25, -0.2) is 0 Å². The van der Waals surface area contributed by atoms with Crippen molar-refractivity contribution in [1.82, 2.24) is 4.90 Å². The van der Waals surface area contributed by atoms with E-state index in [0.29, 0.717) is 12.2 Å². The summed E-state index contributed by atoms with van der Waals surface area (Å²) in [6.45, 7) is 10.2. The second kappa shape index (κ2) is 6.36. The van der Waals surface area contributed by atoms with E-state index in [1.54, 1.807) is 6.08 Å². The van der Waals surface area contributed by atoms with Crippen LogP contribution in [0.4, 0.5) is 0 Å². The highest BCUT2D eigenvalue weighted by Gasteiger charge is 2.13. The Labute approximate surface area is 92.0 Å². The smallest absolute Gasteiger partial charge is 0.134 e. The van der Waals surface area contributed by atoms with E-state index >= 15 is 0 Å². The van der Waals surface area contributed by atoms with Gasteiger partial charge >= 0.3 is 0 Å². The van der Waals surface area contributed by atoms with Crippen LogP contribution in [0.3, 0.4) is 0 Å². The normalized spacial score (nSPS) is 19.7. The van der Waals surface area contributed by atoms with Gasteiger partial charge in [0.25, 0.3) is 0 Å². The first kappa shape index (κ1) is 11.9. The van der Waals surface area contributed by atoms with Crippen LogP contribution in [0.15, 0.2) is 37.0 Å². The van der Waals surface area contributed by atoms with Gasteiger partial charge in [-0.1, -0.05) is 31.4 Å². The molecule has 1 aliphatic heterocycles. The lowest BCUT2D eigenvalue weighted by Crippen LogP contribution is -2.26. The average molecular weight is 205 g/mol. The van der Waals surface area contributed by atoms with Crippen LogP contribution in [0, 0.1) is 0 Å².